The Morgan fingerprint density at radius 1 is 0.929 bits per heavy atom. The van der Waals surface area contributed by atoms with Gasteiger partial charge in [-0.3, -0.25) is 0 Å². The summed E-state index contributed by atoms with van der Waals surface area (Å²) in [5.41, 5.74) is 3.15. The Bertz CT molecular complexity index is 858. The van der Waals surface area contributed by atoms with Gasteiger partial charge >= 0.3 is 168 Å². The second-order valence-corrected chi connectivity index (χ2v) is 32.6. The van der Waals surface area contributed by atoms with Gasteiger partial charge in [-0.25, -0.2) is 0 Å². The summed E-state index contributed by atoms with van der Waals surface area (Å²) in [6.45, 7) is 18.0. The first-order valence-corrected chi connectivity index (χ1v) is 23.1. The van der Waals surface area contributed by atoms with Gasteiger partial charge in [0.05, 0.1) is 0 Å². The SMILES string of the molecule is C[CH]1[CH2][Zr+2]1([C]1=CC([Si](C)(C)C)=C([Si](C)(C)C)C1)[CH]1C=Cc2ccccc21.[Cl-].[Cl-]. The Balaban J connectivity index is 0.00000140. The summed E-state index contributed by atoms with van der Waals surface area (Å²) in [5.74, 6) is 0. The zero-order valence-electron chi connectivity index (χ0n) is 18.4. The molecular weight excluding hydrogens is 495 g/mol. The number of halogens is 2. The summed E-state index contributed by atoms with van der Waals surface area (Å²) in [5, 5.41) is 3.76. The van der Waals surface area contributed by atoms with Crippen molar-refractivity contribution in [3.8, 4) is 0 Å². The minimum Gasteiger partial charge on any atom is -1.00 e. The monoisotopic (exact) mass is 526 g/mol. The van der Waals surface area contributed by atoms with Gasteiger partial charge in [0.15, 0.2) is 0 Å². The van der Waals surface area contributed by atoms with Crippen LogP contribution in [0.1, 0.15) is 28.1 Å². The number of fused-ring (bicyclic) bond motifs is 1. The van der Waals surface area contributed by atoms with E-state index in [1.54, 1.807) is 9.69 Å². The summed E-state index contributed by atoms with van der Waals surface area (Å²) in [4.78, 5) is 0. The molecule has 28 heavy (non-hydrogen) atoms. The van der Waals surface area contributed by atoms with Gasteiger partial charge in [-0.2, -0.15) is 0 Å². The predicted octanol–water partition coefficient (Wildman–Crippen LogP) is 1.50. The molecule has 0 aromatic heterocycles. The van der Waals surface area contributed by atoms with Crippen molar-refractivity contribution in [1.29, 1.82) is 0 Å². The topological polar surface area (TPSA) is 0 Å². The van der Waals surface area contributed by atoms with Crippen LogP contribution in [0.25, 0.3) is 6.08 Å². The van der Waals surface area contributed by atoms with E-state index in [-0.39, 0.29) is 24.8 Å². The number of benzene rings is 1. The van der Waals surface area contributed by atoms with Gasteiger partial charge in [-0.1, -0.05) is 0 Å². The zero-order chi connectivity index (χ0) is 18.9. The molecule has 1 heterocycles. The zero-order valence-corrected chi connectivity index (χ0v) is 24.3. The molecule has 3 atom stereocenters. The van der Waals surface area contributed by atoms with Gasteiger partial charge in [0.25, 0.3) is 0 Å². The van der Waals surface area contributed by atoms with Crippen LogP contribution in [0.3, 0.4) is 0 Å². The third kappa shape index (κ3) is 3.96. The maximum absolute atomic E-state index is 2.80. The molecule has 0 amide bonds. The van der Waals surface area contributed by atoms with Gasteiger partial charge < -0.3 is 24.8 Å². The first-order chi connectivity index (χ1) is 12.0. The second-order valence-electron chi connectivity index (χ2n) is 10.8. The molecule has 1 aromatic carbocycles. The van der Waals surface area contributed by atoms with Crippen LogP contribution < -0.4 is 24.8 Å². The molecule has 3 unspecified atom stereocenters. The van der Waals surface area contributed by atoms with Crippen molar-refractivity contribution in [1.82, 2.24) is 0 Å². The number of rotatable bonds is 4. The standard InChI is InChI=1S/C11H21Si2.C9H7.C3H6.2ClH.Zr/c1-12(2,3)10-8-7-9-11(10)13(4,5)6;1-2-5-9-7-3-6-8(9)4-1;1-3-2;;;/h8H,9H2,1-6H3;1-7H;3H,1H2,2H3;2*1H;/q;;;;;+2/p-2. The molecule has 0 bridgehead atoms. The van der Waals surface area contributed by atoms with E-state index in [1.807, 2.05) is 13.7 Å². The summed E-state index contributed by atoms with van der Waals surface area (Å²) < 4.78 is 5.36. The smallest absolute Gasteiger partial charge is 1.00 e. The van der Waals surface area contributed by atoms with Crippen LogP contribution >= 0.6 is 0 Å². The van der Waals surface area contributed by atoms with Crippen molar-refractivity contribution in [2.75, 3.05) is 0 Å². The van der Waals surface area contributed by atoms with Gasteiger partial charge in [0, 0.05) is 0 Å². The van der Waals surface area contributed by atoms with E-state index in [0.717, 1.165) is 7.25 Å². The Morgan fingerprint density at radius 3 is 2.04 bits per heavy atom. The van der Waals surface area contributed by atoms with Crippen LogP contribution in [-0.4, -0.2) is 16.1 Å². The molecule has 0 saturated carbocycles. The molecule has 0 spiro atoms. The van der Waals surface area contributed by atoms with E-state index in [4.69, 9.17) is 0 Å². The summed E-state index contributed by atoms with van der Waals surface area (Å²) in [6.07, 6.45) is 9.19. The fraction of sp³-hybridized carbons (Fsp3) is 0.478. The number of hydrogen-bond acceptors (Lipinski definition) is 0. The van der Waals surface area contributed by atoms with Crippen molar-refractivity contribution in [3.63, 3.8) is 0 Å². The number of allylic oxidation sites excluding steroid dienone is 5. The molecular formula is C23H34Cl2Si2Zr. The van der Waals surface area contributed by atoms with E-state index in [9.17, 15) is 0 Å². The molecule has 0 nitrogen and oxygen atoms in total. The molecule has 0 radical (unpaired) electrons. The first-order valence-electron chi connectivity index (χ1n) is 10.3. The molecule has 1 saturated heterocycles. The van der Waals surface area contributed by atoms with E-state index < -0.39 is 36.4 Å². The van der Waals surface area contributed by atoms with Crippen molar-refractivity contribution in [3.05, 3.63) is 61.2 Å². The largest absolute Gasteiger partial charge is 1.00 e. The normalized spacial score (nSPS) is 26.2. The molecule has 1 aliphatic heterocycles. The Morgan fingerprint density at radius 2 is 1.54 bits per heavy atom. The van der Waals surface area contributed by atoms with Crippen molar-refractivity contribution < 1.29 is 45.1 Å². The van der Waals surface area contributed by atoms with Crippen LogP contribution in [-0.2, 0) is 20.3 Å². The molecule has 0 N–H and O–H groups in total. The average molecular weight is 529 g/mol. The van der Waals surface area contributed by atoms with Gasteiger partial charge in [0.2, 0.25) is 0 Å². The van der Waals surface area contributed by atoms with Crippen LogP contribution in [0.2, 0.25) is 47.0 Å². The van der Waals surface area contributed by atoms with Gasteiger partial charge in [-0.05, 0) is 0 Å². The Kier molecular flexibility index (Phi) is 7.13. The van der Waals surface area contributed by atoms with Crippen LogP contribution in [0.5, 0.6) is 0 Å². The molecule has 1 fully saturated rings. The molecule has 2 aliphatic carbocycles. The minimum atomic E-state index is -2.32. The summed E-state index contributed by atoms with van der Waals surface area (Å²) in [7, 11) is -2.51. The molecule has 5 heteroatoms. The maximum atomic E-state index is 2.80. The van der Waals surface area contributed by atoms with Crippen LogP contribution in [0, 0.1) is 0 Å². The Labute approximate surface area is 191 Å². The van der Waals surface area contributed by atoms with E-state index in [0.29, 0.717) is 0 Å². The third-order valence-corrected chi connectivity index (χ3v) is 26.0. The second kappa shape index (κ2) is 8.12. The van der Waals surface area contributed by atoms with Gasteiger partial charge in [0.1, 0.15) is 0 Å². The molecule has 152 valence electrons. The first kappa shape index (κ1) is 24.6. The fourth-order valence-corrected chi connectivity index (χ4v) is 27.8. The molecule has 1 aromatic rings. The van der Waals surface area contributed by atoms with Gasteiger partial charge in [-0.15, -0.1) is 0 Å². The Hall–Kier alpha value is 0.337. The van der Waals surface area contributed by atoms with E-state index >= 15 is 0 Å². The number of hydrogen-bond donors (Lipinski definition) is 0. The summed E-state index contributed by atoms with van der Waals surface area (Å²) in [6, 6.07) is 9.20. The molecule has 3 aliphatic rings. The fourth-order valence-electron chi connectivity index (χ4n) is 5.46. The third-order valence-electron chi connectivity index (χ3n) is 7.04. The van der Waals surface area contributed by atoms with Crippen LogP contribution in [0.4, 0.5) is 0 Å². The van der Waals surface area contributed by atoms with Crippen LogP contribution in [0.15, 0.2) is 50.1 Å². The van der Waals surface area contributed by atoms with E-state index in [1.165, 1.54) is 12.0 Å². The summed E-state index contributed by atoms with van der Waals surface area (Å²) >= 11 is -2.32. The predicted molar refractivity (Wildman–Crippen MR) is 119 cm³/mol. The molecule has 4 rings (SSSR count). The van der Waals surface area contributed by atoms with Crippen molar-refractivity contribution >= 4 is 22.2 Å². The van der Waals surface area contributed by atoms with E-state index in [2.05, 4.69) is 88.7 Å². The minimum absolute atomic E-state index is 0. The van der Waals surface area contributed by atoms with Crippen molar-refractivity contribution in [2.24, 2.45) is 0 Å². The quantitative estimate of drug-likeness (QED) is 0.520. The maximum Gasteiger partial charge on any atom is -1.00 e. The van der Waals surface area contributed by atoms with Crippen molar-refractivity contribution in [2.45, 2.75) is 64.0 Å². The average Bonchev–Trinajstić information content (AvgIpc) is 2.96.